The van der Waals surface area contributed by atoms with E-state index in [-0.39, 0.29) is 18.3 Å². The molecule has 5 nitrogen and oxygen atoms in total. The van der Waals surface area contributed by atoms with E-state index < -0.39 is 0 Å². The van der Waals surface area contributed by atoms with Crippen LogP contribution in [-0.2, 0) is 16.0 Å². The van der Waals surface area contributed by atoms with Gasteiger partial charge in [-0.1, -0.05) is 18.2 Å². The summed E-state index contributed by atoms with van der Waals surface area (Å²) in [6.07, 6.45) is 1.25. The summed E-state index contributed by atoms with van der Waals surface area (Å²) in [5.41, 5.74) is 3.37. The second-order valence-electron chi connectivity index (χ2n) is 6.66. The summed E-state index contributed by atoms with van der Waals surface area (Å²) < 4.78 is 11.1. The number of hydrogen-bond donors (Lipinski definition) is 1. The molecule has 0 aliphatic carbocycles. The molecule has 144 valence electrons. The predicted octanol–water partition coefficient (Wildman–Crippen LogP) is 3.40. The average molecular weight is 369 g/mol. The lowest BCUT2D eigenvalue weighted by molar-refractivity contribution is -0.123. The van der Waals surface area contributed by atoms with Crippen LogP contribution in [-0.4, -0.2) is 31.4 Å². The standard InChI is InChI=1S/C22H27NO4/c1-16-12-17(2)14-21(13-16)26-11-10-23-22(25)15-27-20-8-6-19(7-9-20)5-4-18(3)24/h6-9,12-14H,4-5,10-11,15H2,1-3H3,(H,23,25). The summed E-state index contributed by atoms with van der Waals surface area (Å²) in [5, 5.41) is 2.77. The highest BCUT2D eigenvalue weighted by Crippen LogP contribution is 2.16. The molecular formula is C22H27NO4. The van der Waals surface area contributed by atoms with Gasteiger partial charge in [0.05, 0.1) is 6.54 Å². The van der Waals surface area contributed by atoms with E-state index in [1.54, 1.807) is 6.92 Å². The first kappa shape index (κ1) is 20.5. The third-order valence-corrected chi connectivity index (χ3v) is 3.95. The van der Waals surface area contributed by atoms with E-state index in [2.05, 4.69) is 11.4 Å². The van der Waals surface area contributed by atoms with Gasteiger partial charge in [-0.3, -0.25) is 4.79 Å². The largest absolute Gasteiger partial charge is 0.492 e. The maximum absolute atomic E-state index is 11.9. The number of Topliss-reactive ketones (excluding diaryl/α,β-unsaturated/α-hetero) is 1. The van der Waals surface area contributed by atoms with Crippen LogP contribution in [0.1, 0.15) is 30.0 Å². The van der Waals surface area contributed by atoms with Gasteiger partial charge in [0.25, 0.3) is 5.91 Å². The van der Waals surface area contributed by atoms with Gasteiger partial charge in [0.15, 0.2) is 6.61 Å². The Morgan fingerprint density at radius 3 is 2.22 bits per heavy atom. The third kappa shape index (κ3) is 7.94. The zero-order chi connectivity index (χ0) is 19.6. The average Bonchev–Trinajstić information content (AvgIpc) is 2.62. The van der Waals surface area contributed by atoms with Crippen molar-refractivity contribution < 1.29 is 19.1 Å². The molecule has 0 heterocycles. The topological polar surface area (TPSA) is 64.6 Å². The van der Waals surface area contributed by atoms with Crippen LogP contribution in [0.25, 0.3) is 0 Å². The fraction of sp³-hybridized carbons (Fsp3) is 0.364. The van der Waals surface area contributed by atoms with E-state index in [0.717, 1.165) is 28.9 Å². The van der Waals surface area contributed by atoms with Gasteiger partial charge in [0.1, 0.15) is 23.9 Å². The minimum atomic E-state index is -0.195. The SMILES string of the molecule is CC(=O)CCc1ccc(OCC(=O)NCCOc2cc(C)cc(C)c2)cc1. The summed E-state index contributed by atoms with van der Waals surface area (Å²) in [4.78, 5) is 22.9. The number of rotatable bonds is 10. The summed E-state index contributed by atoms with van der Waals surface area (Å²) in [6.45, 7) is 6.40. The number of hydrogen-bond acceptors (Lipinski definition) is 4. The summed E-state index contributed by atoms with van der Waals surface area (Å²) in [7, 11) is 0. The quantitative estimate of drug-likeness (QED) is 0.652. The number of carbonyl (C=O) groups is 2. The predicted molar refractivity (Wildman–Crippen MR) is 105 cm³/mol. The second-order valence-corrected chi connectivity index (χ2v) is 6.66. The van der Waals surface area contributed by atoms with Crippen molar-refractivity contribution in [1.82, 2.24) is 5.32 Å². The maximum Gasteiger partial charge on any atom is 0.258 e. The Bertz CT molecular complexity index is 748. The zero-order valence-electron chi connectivity index (χ0n) is 16.2. The normalized spacial score (nSPS) is 10.3. The van der Waals surface area contributed by atoms with E-state index >= 15 is 0 Å². The van der Waals surface area contributed by atoms with Crippen molar-refractivity contribution in [2.45, 2.75) is 33.6 Å². The number of ether oxygens (including phenoxy) is 2. The van der Waals surface area contributed by atoms with Crippen LogP contribution in [0.5, 0.6) is 11.5 Å². The van der Waals surface area contributed by atoms with Crippen LogP contribution < -0.4 is 14.8 Å². The van der Waals surface area contributed by atoms with Crippen LogP contribution >= 0.6 is 0 Å². The number of benzene rings is 2. The molecule has 2 aromatic rings. The molecule has 1 amide bonds. The molecule has 0 saturated heterocycles. The summed E-state index contributed by atoms with van der Waals surface area (Å²) in [6, 6.07) is 13.5. The smallest absolute Gasteiger partial charge is 0.258 e. The van der Waals surface area contributed by atoms with Crippen LogP contribution in [0.2, 0.25) is 0 Å². The van der Waals surface area contributed by atoms with E-state index in [1.165, 1.54) is 0 Å². The molecule has 0 fully saturated rings. The second kappa shape index (κ2) is 10.4. The molecule has 5 heteroatoms. The van der Waals surface area contributed by atoms with Gasteiger partial charge in [0, 0.05) is 6.42 Å². The van der Waals surface area contributed by atoms with Crippen molar-refractivity contribution in [2.75, 3.05) is 19.8 Å². The number of ketones is 1. The molecule has 1 N–H and O–H groups in total. The molecule has 0 aliphatic rings. The Balaban J connectivity index is 1.65. The first-order chi connectivity index (χ1) is 12.9. The summed E-state index contributed by atoms with van der Waals surface area (Å²) >= 11 is 0. The zero-order valence-corrected chi connectivity index (χ0v) is 16.2. The molecule has 0 aromatic heterocycles. The Kier molecular flexibility index (Phi) is 7.86. The Hall–Kier alpha value is -2.82. The number of carbonyl (C=O) groups excluding carboxylic acids is 2. The molecule has 0 spiro atoms. The van der Waals surface area contributed by atoms with E-state index in [4.69, 9.17) is 9.47 Å². The number of amides is 1. The molecule has 0 radical (unpaired) electrons. The Labute approximate surface area is 160 Å². The first-order valence-electron chi connectivity index (χ1n) is 9.11. The molecule has 2 aromatic carbocycles. The lowest BCUT2D eigenvalue weighted by atomic mass is 10.1. The van der Waals surface area contributed by atoms with Crippen molar-refractivity contribution >= 4 is 11.7 Å². The maximum atomic E-state index is 11.9. The highest BCUT2D eigenvalue weighted by molar-refractivity contribution is 5.77. The molecule has 0 bridgehead atoms. The molecule has 0 atom stereocenters. The lowest BCUT2D eigenvalue weighted by Gasteiger charge is -2.10. The van der Waals surface area contributed by atoms with Crippen LogP contribution in [0, 0.1) is 13.8 Å². The Morgan fingerprint density at radius 1 is 0.926 bits per heavy atom. The lowest BCUT2D eigenvalue weighted by Crippen LogP contribution is -2.32. The monoisotopic (exact) mass is 369 g/mol. The Morgan fingerprint density at radius 2 is 1.59 bits per heavy atom. The highest BCUT2D eigenvalue weighted by Gasteiger charge is 2.04. The van der Waals surface area contributed by atoms with E-state index in [1.807, 2.05) is 50.2 Å². The fourth-order valence-electron chi connectivity index (χ4n) is 2.65. The molecule has 27 heavy (non-hydrogen) atoms. The van der Waals surface area contributed by atoms with E-state index in [0.29, 0.717) is 25.3 Å². The minimum Gasteiger partial charge on any atom is -0.492 e. The molecule has 2 rings (SSSR count). The van der Waals surface area contributed by atoms with Crippen molar-refractivity contribution in [3.8, 4) is 11.5 Å². The minimum absolute atomic E-state index is 0.0453. The summed E-state index contributed by atoms with van der Waals surface area (Å²) in [5.74, 6) is 1.42. The fourth-order valence-corrected chi connectivity index (χ4v) is 2.65. The van der Waals surface area contributed by atoms with Gasteiger partial charge in [-0.25, -0.2) is 0 Å². The van der Waals surface area contributed by atoms with Crippen molar-refractivity contribution in [2.24, 2.45) is 0 Å². The molecular weight excluding hydrogens is 342 g/mol. The molecule has 0 aliphatic heterocycles. The van der Waals surface area contributed by atoms with E-state index in [9.17, 15) is 9.59 Å². The van der Waals surface area contributed by atoms with Gasteiger partial charge < -0.3 is 19.6 Å². The highest BCUT2D eigenvalue weighted by atomic mass is 16.5. The van der Waals surface area contributed by atoms with Gasteiger partial charge in [-0.05, 0) is 68.1 Å². The first-order valence-corrected chi connectivity index (χ1v) is 9.11. The van der Waals surface area contributed by atoms with Crippen molar-refractivity contribution in [1.29, 1.82) is 0 Å². The number of nitrogens with one attached hydrogen (secondary N) is 1. The number of aryl methyl sites for hydroxylation is 3. The van der Waals surface area contributed by atoms with Gasteiger partial charge in [0.2, 0.25) is 0 Å². The van der Waals surface area contributed by atoms with Gasteiger partial charge in [-0.2, -0.15) is 0 Å². The van der Waals surface area contributed by atoms with Gasteiger partial charge in [-0.15, -0.1) is 0 Å². The van der Waals surface area contributed by atoms with Crippen LogP contribution in [0.4, 0.5) is 0 Å². The third-order valence-electron chi connectivity index (χ3n) is 3.95. The van der Waals surface area contributed by atoms with Crippen molar-refractivity contribution in [3.63, 3.8) is 0 Å². The molecule has 0 unspecified atom stereocenters. The van der Waals surface area contributed by atoms with Crippen LogP contribution in [0.15, 0.2) is 42.5 Å². The van der Waals surface area contributed by atoms with Crippen LogP contribution in [0.3, 0.4) is 0 Å². The molecule has 0 saturated carbocycles. The van der Waals surface area contributed by atoms with Crippen molar-refractivity contribution in [3.05, 3.63) is 59.2 Å². The van der Waals surface area contributed by atoms with Gasteiger partial charge >= 0.3 is 0 Å².